The van der Waals surface area contributed by atoms with Crippen molar-refractivity contribution in [2.75, 3.05) is 5.43 Å². The summed E-state index contributed by atoms with van der Waals surface area (Å²) < 4.78 is 13.0. The molecule has 0 fully saturated rings. The van der Waals surface area contributed by atoms with Gasteiger partial charge in [-0.2, -0.15) is 0 Å². The summed E-state index contributed by atoms with van der Waals surface area (Å²) in [7, 11) is 0. The number of nitrogens with two attached hydrogens (primary N) is 1. The second kappa shape index (κ2) is 8.60. The van der Waals surface area contributed by atoms with E-state index < -0.39 is 0 Å². The van der Waals surface area contributed by atoms with Crippen LogP contribution in [-0.2, 0) is 0 Å². The van der Waals surface area contributed by atoms with Crippen molar-refractivity contribution in [1.29, 1.82) is 5.41 Å². The molecule has 5 nitrogen and oxygen atoms in total. The smallest absolute Gasteiger partial charge is 0.123 e. The van der Waals surface area contributed by atoms with Crippen LogP contribution in [0.1, 0.15) is 22.3 Å². The number of halogens is 1. The molecule has 0 saturated carbocycles. The molecule has 0 atom stereocenters. The number of nitrogen functional groups attached to an aromatic ring is 1. The summed E-state index contributed by atoms with van der Waals surface area (Å²) in [5, 5.41) is 15.7. The van der Waals surface area contributed by atoms with Crippen LogP contribution in [0.2, 0.25) is 0 Å². The van der Waals surface area contributed by atoms with Gasteiger partial charge in [-0.3, -0.25) is 10.8 Å². The average Bonchev–Trinajstić information content (AvgIpc) is 2.68. The van der Waals surface area contributed by atoms with Crippen LogP contribution in [-0.4, -0.2) is 5.84 Å². The molecule has 4 N–H and O–H groups in total. The molecule has 0 unspecified atom stereocenters. The Hall–Kier alpha value is -3.98. The highest BCUT2D eigenvalue weighted by molar-refractivity contribution is 5.96. The lowest BCUT2D eigenvalue weighted by Gasteiger charge is -2.04. The second-order valence-electron chi connectivity index (χ2n) is 6.03. The van der Waals surface area contributed by atoms with Gasteiger partial charge < -0.3 is 5.73 Å². The number of nitrogens with one attached hydrogen (secondary N) is 2. The maximum absolute atomic E-state index is 13.0. The normalized spacial score (nSPS) is 10.4. The fourth-order valence-corrected chi connectivity index (χ4v) is 2.51. The van der Waals surface area contributed by atoms with Gasteiger partial charge in [-0.05, 0) is 67.1 Å². The lowest BCUT2D eigenvalue weighted by atomic mass is 10.1. The van der Waals surface area contributed by atoms with Crippen molar-refractivity contribution in [2.45, 2.75) is 6.92 Å². The van der Waals surface area contributed by atoms with Crippen LogP contribution in [0.15, 0.2) is 77.1 Å². The fourth-order valence-electron chi connectivity index (χ4n) is 2.51. The third-order valence-corrected chi connectivity index (χ3v) is 3.95. The van der Waals surface area contributed by atoms with Crippen molar-refractivity contribution >= 4 is 17.2 Å². The van der Waals surface area contributed by atoms with Crippen molar-refractivity contribution in [2.24, 2.45) is 16.1 Å². The molecule has 28 heavy (non-hydrogen) atoms. The molecular formula is C22H18FN5. The molecule has 0 amide bonds. The molecule has 0 heterocycles. The second-order valence-corrected chi connectivity index (χ2v) is 6.03. The number of benzene rings is 3. The molecule has 0 aliphatic rings. The van der Waals surface area contributed by atoms with Crippen LogP contribution in [0.5, 0.6) is 0 Å². The van der Waals surface area contributed by atoms with Gasteiger partial charge in [-0.25, -0.2) is 4.39 Å². The van der Waals surface area contributed by atoms with Gasteiger partial charge in [0.2, 0.25) is 0 Å². The molecule has 0 aliphatic carbocycles. The highest BCUT2D eigenvalue weighted by Gasteiger charge is 2.02. The van der Waals surface area contributed by atoms with Gasteiger partial charge in [-0.15, -0.1) is 5.11 Å². The standard InChI is InChI=1S/C22H18FN5/c1-15-14-19(12-13-20(15)22(24)25)26-28-27-21-5-3-2-4-17(21)9-6-16-7-10-18(23)11-8-16/h2-5,7-8,10-14H,1H3,(H3,24,25)(H,26,27). The summed E-state index contributed by atoms with van der Waals surface area (Å²) in [6, 6.07) is 18.8. The number of nitrogens with zero attached hydrogens (tertiary/aromatic N) is 2. The predicted octanol–water partition coefficient (Wildman–Crippen LogP) is 4.93. The molecule has 0 spiro atoms. The van der Waals surface area contributed by atoms with Crippen molar-refractivity contribution in [3.05, 3.63) is 94.8 Å². The lowest BCUT2D eigenvalue weighted by molar-refractivity contribution is 0.627. The molecular weight excluding hydrogens is 353 g/mol. The molecule has 3 aromatic carbocycles. The third-order valence-electron chi connectivity index (χ3n) is 3.95. The number of aryl methyl sites for hydroxylation is 1. The molecule has 0 bridgehead atoms. The van der Waals surface area contributed by atoms with Gasteiger partial charge in [0.15, 0.2) is 0 Å². The van der Waals surface area contributed by atoms with E-state index in [-0.39, 0.29) is 11.7 Å². The fraction of sp³-hybridized carbons (Fsp3) is 0.0455. The maximum atomic E-state index is 13.0. The molecule has 6 heteroatoms. The van der Waals surface area contributed by atoms with E-state index in [9.17, 15) is 4.39 Å². The van der Waals surface area contributed by atoms with Gasteiger partial charge in [0.25, 0.3) is 0 Å². The largest absolute Gasteiger partial charge is 0.384 e. The first kappa shape index (κ1) is 18.8. The molecule has 0 radical (unpaired) electrons. The highest BCUT2D eigenvalue weighted by Crippen LogP contribution is 2.19. The summed E-state index contributed by atoms with van der Waals surface area (Å²) >= 11 is 0. The van der Waals surface area contributed by atoms with Crippen LogP contribution in [0.3, 0.4) is 0 Å². The Labute approximate surface area is 162 Å². The van der Waals surface area contributed by atoms with Gasteiger partial charge >= 0.3 is 0 Å². The zero-order chi connectivity index (χ0) is 19.9. The first-order valence-corrected chi connectivity index (χ1v) is 8.51. The summed E-state index contributed by atoms with van der Waals surface area (Å²) in [5.74, 6) is 5.78. The molecule has 0 aromatic heterocycles. The van der Waals surface area contributed by atoms with Crippen molar-refractivity contribution in [3.8, 4) is 11.8 Å². The first-order valence-electron chi connectivity index (χ1n) is 8.51. The van der Waals surface area contributed by atoms with E-state index in [4.69, 9.17) is 11.1 Å². The number of rotatable bonds is 4. The zero-order valence-electron chi connectivity index (χ0n) is 15.2. The average molecular weight is 371 g/mol. The third kappa shape index (κ3) is 4.80. The lowest BCUT2D eigenvalue weighted by Crippen LogP contribution is -2.12. The zero-order valence-corrected chi connectivity index (χ0v) is 15.2. The summed E-state index contributed by atoms with van der Waals surface area (Å²) in [5.41, 5.74) is 12.8. The minimum Gasteiger partial charge on any atom is -0.384 e. The Balaban J connectivity index is 1.75. The molecule has 3 aromatic rings. The van der Waals surface area contributed by atoms with Gasteiger partial charge in [-0.1, -0.05) is 29.2 Å². The topological polar surface area (TPSA) is 86.6 Å². The quantitative estimate of drug-likeness (QED) is 0.200. The van der Waals surface area contributed by atoms with Crippen LogP contribution < -0.4 is 11.2 Å². The number of hydrogen-bond donors (Lipinski definition) is 3. The van der Waals surface area contributed by atoms with E-state index in [0.29, 0.717) is 16.9 Å². The molecule has 138 valence electrons. The molecule has 3 rings (SSSR count). The van der Waals surface area contributed by atoms with E-state index >= 15 is 0 Å². The number of amidine groups is 1. The summed E-state index contributed by atoms with van der Waals surface area (Å²) in [4.78, 5) is 0. The summed E-state index contributed by atoms with van der Waals surface area (Å²) in [6.07, 6.45) is 0. The molecule has 0 saturated heterocycles. The SMILES string of the molecule is Cc1cc(/N=N/Nc2ccccc2C#Cc2ccc(F)cc2)ccc1C(=N)N. The van der Waals surface area contributed by atoms with Crippen LogP contribution >= 0.6 is 0 Å². The van der Waals surface area contributed by atoms with Gasteiger partial charge in [0.1, 0.15) is 11.7 Å². The Morgan fingerprint density at radius 3 is 2.50 bits per heavy atom. The Morgan fingerprint density at radius 2 is 1.79 bits per heavy atom. The van der Waals surface area contributed by atoms with Crippen LogP contribution in [0, 0.1) is 30.0 Å². The van der Waals surface area contributed by atoms with E-state index in [2.05, 4.69) is 27.6 Å². The Kier molecular flexibility index (Phi) is 5.78. The van der Waals surface area contributed by atoms with Crippen molar-refractivity contribution < 1.29 is 4.39 Å². The van der Waals surface area contributed by atoms with E-state index in [1.54, 1.807) is 24.3 Å². The maximum Gasteiger partial charge on any atom is 0.123 e. The molecule has 0 aliphatic heterocycles. The minimum atomic E-state index is -0.292. The highest BCUT2D eigenvalue weighted by atomic mass is 19.1. The summed E-state index contributed by atoms with van der Waals surface area (Å²) in [6.45, 7) is 1.86. The van der Waals surface area contributed by atoms with Gasteiger partial charge in [0, 0.05) is 16.7 Å². The monoisotopic (exact) mass is 371 g/mol. The van der Waals surface area contributed by atoms with Crippen LogP contribution in [0.4, 0.5) is 15.8 Å². The van der Waals surface area contributed by atoms with Crippen LogP contribution in [0.25, 0.3) is 0 Å². The Bertz CT molecular complexity index is 1090. The van der Waals surface area contributed by atoms with Crippen molar-refractivity contribution in [3.63, 3.8) is 0 Å². The first-order chi connectivity index (χ1) is 13.5. The predicted molar refractivity (Wildman–Crippen MR) is 109 cm³/mol. The number of anilines is 1. The number of hydrogen-bond acceptors (Lipinski definition) is 3. The Morgan fingerprint density at radius 1 is 1.04 bits per heavy atom. The number of para-hydroxylation sites is 1. The van der Waals surface area contributed by atoms with E-state index in [1.165, 1.54) is 12.1 Å². The van der Waals surface area contributed by atoms with Crippen molar-refractivity contribution in [1.82, 2.24) is 0 Å². The van der Waals surface area contributed by atoms with E-state index in [1.807, 2.05) is 37.3 Å². The van der Waals surface area contributed by atoms with E-state index in [0.717, 1.165) is 16.7 Å². The minimum absolute atomic E-state index is 0.0211. The van der Waals surface area contributed by atoms with Gasteiger partial charge in [0.05, 0.1) is 11.4 Å².